The highest BCUT2D eigenvalue weighted by Crippen LogP contribution is 2.31. The molecule has 3 aromatic rings. The molecule has 2 aromatic heterocycles. The lowest BCUT2D eigenvalue weighted by atomic mass is 10.1. The molecule has 1 N–H and O–H groups in total. The Balaban J connectivity index is 1.75. The van der Waals surface area contributed by atoms with E-state index in [1.165, 1.54) is 18.6 Å². The van der Waals surface area contributed by atoms with Gasteiger partial charge in [0, 0.05) is 35.1 Å². The van der Waals surface area contributed by atoms with E-state index in [1.54, 1.807) is 6.07 Å². The van der Waals surface area contributed by atoms with Gasteiger partial charge in [0.1, 0.15) is 9.79 Å². The number of hydrogen-bond donors (Lipinski definition) is 1. The van der Waals surface area contributed by atoms with Crippen LogP contribution in [-0.4, -0.2) is 26.1 Å². The fourth-order valence-corrected chi connectivity index (χ4v) is 4.90. The molecule has 0 amide bonds. The van der Waals surface area contributed by atoms with Crippen LogP contribution in [0.3, 0.4) is 0 Å². The fraction of sp³-hybridized carbons (Fsp3) is 0.278. The SMILES string of the molecule is O=c1oc2cc(N3CCCCC3)ccc2cc1-c1ccc(S(=O)(=O)O)s1. The number of nitrogens with zero attached hydrogens (tertiary/aromatic N) is 1. The van der Waals surface area contributed by atoms with Crippen molar-refractivity contribution in [2.75, 3.05) is 18.0 Å². The van der Waals surface area contributed by atoms with E-state index in [9.17, 15) is 13.2 Å². The van der Waals surface area contributed by atoms with Crippen LogP contribution in [0.4, 0.5) is 5.69 Å². The minimum Gasteiger partial charge on any atom is -0.422 e. The summed E-state index contributed by atoms with van der Waals surface area (Å²) in [5.41, 5.74) is 1.30. The van der Waals surface area contributed by atoms with Gasteiger partial charge >= 0.3 is 15.7 Å². The largest absolute Gasteiger partial charge is 0.422 e. The van der Waals surface area contributed by atoms with Gasteiger partial charge < -0.3 is 9.32 Å². The number of benzene rings is 1. The molecule has 8 heteroatoms. The maximum atomic E-state index is 12.4. The highest BCUT2D eigenvalue weighted by Gasteiger charge is 2.17. The molecule has 1 aliphatic rings. The maximum Gasteiger partial charge on any atom is 0.345 e. The summed E-state index contributed by atoms with van der Waals surface area (Å²) in [5, 5.41) is 0.766. The molecule has 0 saturated carbocycles. The quantitative estimate of drug-likeness (QED) is 0.540. The molecule has 1 saturated heterocycles. The Morgan fingerprint density at radius 1 is 1.04 bits per heavy atom. The van der Waals surface area contributed by atoms with Crippen molar-refractivity contribution < 1.29 is 17.4 Å². The summed E-state index contributed by atoms with van der Waals surface area (Å²) in [6, 6.07) is 10.3. The van der Waals surface area contributed by atoms with Crippen LogP contribution in [0.15, 0.2) is 49.8 Å². The van der Waals surface area contributed by atoms with Crippen molar-refractivity contribution in [3.05, 3.63) is 46.8 Å². The molecule has 4 rings (SSSR count). The maximum absolute atomic E-state index is 12.4. The van der Waals surface area contributed by atoms with Crippen LogP contribution in [0.1, 0.15) is 19.3 Å². The molecular weight excluding hydrogens is 374 g/mol. The van der Waals surface area contributed by atoms with E-state index in [1.807, 2.05) is 18.2 Å². The van der Waals surface area contributed by atoms with Crippen LogP contribution in [0.25, 0.3) is 21.4 Å². The third-order valence-electron chi connectivity index (χ3n) is 4.54. The normalized spacial score (nSPS) is 15.5. The van der Waals surface area contributed by atoms with Crippen LogP contribution in [0.5, 0.6) is 0 Å². The third kappa shape index (κ3) is 3.27. The predicted octanol–water partition coefficient (Wildman–Crippen LogP) is 3.76. The molecule has 1 aliphatic heterocycles. The molecule has 1 aromatic carbocycles. The van der Waals surface area contributed by atoms with E-state index >= 15 is 0 Å². The van der Waals surface area contributed by atoms with Gasteiger partial charge in [0.25, 0.3) is 0 Å². The van der Waals surface area contributed by atoms with Gasteiger partial charge in [-0.3, -0.25) is 4.55 Å². The molecule has 0 atom stereocenters. The van der Waals surface area contributed by atoms with Gasteiger partial charge in [-0.2, -0.15) is 8.42 Å². The second-order valence-electron chi connectivity index (χ2n) is 6.31. The van der Waals surface area contributed by atoms with Crippen molar-refractivity contribution in [1.29, 1.82) is 0 Å². The van der Waals surface area contributed by atoms with Gasteiger partial charge in [-0.25, -0.2) is 4.79 Å². The summed E-state index contributed by atoms with van der Waals surface area (Å²) in [6.45, 7) is 2.00. The molecule has 0 aliphatic carbocycles. The number of anilines is 1. The molecule has 136 valence electrons. The highest BCUT2D eigenvalue weighted by atomic mass is 32.3. The average Bonchev–Trinajstić information content (AvgIpc) is 3.12. The monoisotopic (exact) mass is 391 g/mol. The topological polar surface area (TPSA) is 87.8 Å². The van der Waals surface area contributed by atoms with E-state index in [-0.39, 0.29) is 9.77 Å². The average molecular weight is 391 g/mol. The van der Waals surface area contributed by atoms with E-state index in [0.717, 1.165) is 48.3 Å². The van der Waals surface area contributed by atoms with Crippen LogP contribution >= 0.6 is 11.3 Å². The molecule has 0 bridgehead atoms. The zero-order chi connectivity index (χ0) is 18.3. The number of fused-ring (bicyclic) bond motifs is 1. The van der Waals surface area contributed by atoms with Gasteiger partial charge in [0.15, 0.2) is 0 Å². The standard InChI is InChI=1S/C18H17NO5S2/c20-18-14(16-6-7-17(25-16)26(21,22)23)10-12-4-5-13(11-15(12)24-18)19-8-2-1-3-9-19/h4-7,10-11H,1-3,8-9H2,(H,21,22,23). The summed E-state index contributed by atoms with van der Waals surface area (Å²) >= 11 is 0.835. The Kier molecular flexibility index (Phi) is 4.34. The van der Waals surface area contributed by atoms with Crippen molar-refractivity contribution >= 4 is 38.1 Å². The highest BCUT2D eigenvalue weighted by molar-refractivity contribution is 7.88. The Labute approximate surface area is 154 Å². The second kappa shape index (κ2) is 6.53. The van der Waals surface area contributed by atoms with Crippen molar-refractivity contribution in [3.8, 4) is 10.4 Å². The minimum absolute atomic E-state index is 0.201. The third-order valence-corrected chi connectivity index (χ3v) is 6.98. The summed E-state index contributed by atoms with van der Waals surface area (Å²) < 4.78 is 36.9. The van der Waals surface area contributed by atoms with Gasteiger partial charge in [0.05, 0.1) is 5.56 Å². The van der Waals surface area contributed by atoms with Gasteiger partial charge in [-0.15, -0.1) is 11.3 Å². The predicted molar refractivity (Wildman–Crippen MR) is 102 cm³/mol. The van der Waals surface area contributed by atoms with Crippen LogP contribution in [-0.2, 0) is 10.1 Å². The molecular formula is C18H17NO5S2. The lowest BCUT2D eigenvalue weighted by Gasteiger charge is -2.28. The minimum atomic E-state index is -4.28. The number of thiophene rings is 1. The smallest absolute Gasteiger partial charge is 0.345 e. The number of rotatable bonds is 3. The van der Waals surface area contributed by atoms with E-state index < -0.39 is 15.7 Å². The van der Waals surface area contributed by atoms with Gasteiger partial charge in [-0.05, 0) is 49.6 Å². The summed E-state index contributed by atoms with van der Waals surface area (Å²) in [5.74, 6) is 0. The summed E-state index contributed by atoms with van der Waals surface area (Å²) in [6.07, 6.45) is 3.57. The summed E-state index contributed by atoms with van der Waals surface area (Å²) in [4.78, 5) is 15.1. The molecule has 3 heterocycles. The number of hydrogen-bond acceptors (Lipinski definition) is 6. The van der Waals surface area contributed by atoms with Crippen LogP contribution in [0, 0.1) is 0 Å². The first-order valence-corrected chi connectivity index (χ1v) is 10.6. The van der Waals surface area contributed by atoms with Crippen molar-refractivity contribution in [2.45, 2.75) is 23.5 Å². The Hall–Kier alpha value is -2.16. The lowest BCUT2D eigenvalue weighted by Crippen LogP contribution is -2.29. The van der Waals surface area contributed by atoms with Crippen molar-refractivity contribution in [1.82, 2.24) is 0 Å². The molecule has 0 spiro atoms. The Morgan fingerprint density at radius 3 is 2.50 bits per heavy atom. The van der Waals surface area contributed by atoms with Crippen molar-refractivity contribution in [2.24, 2.45) is 0 Å². The Morgan fingerprint density at radius 2 is 1.81 bits per heavy atom. The first-order chi connectivity index (χ1) is 12.4. The Bertz CT molecular complexity index is 1120. The van der Waals surface area contributed by atoms with Gasteiger partial charge in [0.2, 0.25) is 0 Å². The van der Waals surface area contributed by atoms with Crippen LogP contribution < -0.4 is 10.5 Å². The lowest BCUT2D eigenvalue weighted by molar-refractivity contribution is 0.485. The van der Waals surface area contributed by atoms with Gasteiger partial charge in [-0.1, -0.05) is 0 Å². The molecule has 1 fully saturated rings. The molecule has 0 radical (unpaired) electrons. The van der Waals surface area contributed by atoms with Crippen molar-refractivity contribution in [3.63, 3.8) is 0 Å². The van der Waals surface area contributed by atoms with E-state index in [0.29, 0.717) is 10.5 Å². The molecule has 6 nitrogen and oxygen atoms in total. The fourth-order valence-electron chi connectivity index (χ4n) is 3.22. The first-order valence-electron chi connectivity index (χ1n) is 8.32. The number of piperidine rings is 1. The van der Waals surface area contributed by atoms with E-state index in [4.69, 9.17) is 8.97 Å². The molecule has 0 unspecified atom stereocenters. The second-order valence-corrected chi connectivity index (χ2v) is 9.04. The molecule has 26 heavy (non-hydrogen) atoms. The van der Waals surface area contributed by atoms with Crippen LogP contribution in [0.2, 0.25) is 0 Å². The zero-order valence-electron chi connectivity index (χ0n) is 13.8. The van der Waals surface area contributed by atoms with E-state index in [2.05, 4.69) is 4.90 Å². The zero-order valence-corrected chi connectivity index (χ0v) is 15.5. The summed E-state index contributed by atoms with van der Waals surface area (Å²) in [7, 11) is -4.28. The first kappa shape index (κ1) is 17.3.